The molecule has 0 radical (unpaired) electrons. The second-order valence-corrected chi connectivity index (χ2v) is 7.76. The number of nitrogens with one attached hydrogen (secondary N) is 1. The van der Waals surface area contributed by atoms with Gasteiger partial charge in [0.2, 0.25) is 5.82 Å². The van der Waals surface area contributed by atoms with Crippen LogP contribution in [0, 0.1) is 0 Å². The summed E-state index contributed by atoms with van der Waals surface area (Å²) >= 11 is 1.18. The second-order valence-electron chi connectivity index (χ2n) is 6.59. The molecule has 3 heterocycles. The minimum absolute atomic E-state index is 0.165. The standard InChI is InChI=1S/C18H15F6N7OS/c1-9(4-12-2-3-13(33-12)15-29-16(32-31-15)18(22,23)24)26-8-11(6-25)28-14-5-10(7-27-30-14)17(19,20)21/h2-3,5-9H,4,25H2,1H3,(H,28,30)/b11-6+,26-8-. The van der Waals surface area contributed by atoms with Crippen LogP contribution in [0.3, 0.4) is 0 Å². The number of halogens is 6. The molecule has 3 aromatic rings. The van der Waals surface area contributed by atoms with E-state index in [-0.39, 0.29) is 23.4 Å². The van der Waals surface area contributed by atoms with Crippen LogP contribution in [0.5, 0.6) is 0 Å². The van der Waals surface area contributed by atoms with E-state index in [2.05, 4.69) is 35.2 Å². The van der Waals surface area contributed by atoms with Crippen molar-refractivity contribution < 1.29 is 30.9 Å². The van der Waals surface area contributed by atoms with Crippen molar-refractivity contribution in [3.05, 3.63) is 52.6 Å². The van der Waals surface area contributed by atoms with Gasteiger partial charge >= 0.3 is 18.2 Å². The Morgan fingerprint density at radius 3 is 2.64 bits per heavy atom. The summed E-state index contributed by atoms with van der Waals surface area (Å²) in [7, 11) is 0. The summed E-state index contributed by atoms with van der Waals surface area (Å²) in [6.07, 6.45) is -5.84. The molecule has 8 nitrogen and oxygen atoms in total. The lowest BCUT2D eigenvalue weighted by Crippen LogP contribution is -2.11. The highest BCUT2D eigenvalue weighted by Gasteiger charge is 2.38. The largest absolute Gasteiger partial charge is 0.471 e. The summed E-state index contributed by atoms with van der Waals surface area (Å²) < 4.78 is 80.4. The lowest BCUT2D eigenvalue weighted by Gasteiger charge is -2.09. The van der Waals surface area contributed by atoms with Crippen LogP contribution in [0.4, 0.5) is 32.2 Å². The zero-order valence-electron chi connectivity index (χ0n) is 16.6. The maximum absolute atomic E-state index is 12.8. The van der Waals surface area contributed by atoms with Crippen LogP contribution in [-0.4, -0.2) is 32.6 Å². The van der Waals surface area contributed by atoms with Crippen molar-refractivity contribution in [2.24, 2.45) is 10.7 Å². The van der Waals surface area contributed by atoms with E-state index < -0.39 is 23.8 Å². The van der Waals surface area contributed by atoms with E-state index in [4.69, 9.17) is 5.73 Å². The van der Waals surface area contributed by atoms with Crippen molar-refractivity contribution in [2.45, 2.75) is 31.7 Å². The lowest BCUT2D eigenvalue weighted by molar-refractivity contribution is -0.159. The minimum atomic E-state index is -4.73. The first-order valence-electron chi connectivity index (χ1n) is 9.07. The number of alkyl halides is 6. The monoisotopic (exact) mass is 491 g/mol. The van der Waals surface area contributed by atoms with E-state index in [1.165, 1.54) is 17.6 Å². The maximum Gasteiger partial charge on any atom is 0.471 e. The zero-order valence-corrected chi connectivity index (χ0v) is 17.5. The number of nitrogens with zero attached hydrogens (tertiary/aromatic N) is 5. The molecular weight excluding hydrogens is 476 g/mol. The fraction of sp³-hybridized carbons (Fsp3) is 0.278. The maximum atomic E-state index is 12.8. The average Bonchev–Trinajstić information content (AvgIpc) is 3.40. The molecule has 3 rings (SSSR count). The Morgan fingerprint density at radius 2 is 2.00 bits per heavy atom. The Balaban J connectivity index is 1.61. The van der Waals surface area contributed by atoms with Gasteiger partial charge in [0, 0.05) is 23.7 Å². The molecular formula is C18H15F6N7OS. The van der Waals surface area contributed by atoms with Crippen molar-refractivity contribution in [2.75, 3.05) is 5.32 Å². The van der Waals surface area contributed by atoms with Crippen molar-refractivity contribution in [1.29, 1.82) is 0 Å². The number of anilines is 1. The third-order valence-electron chi connectivity index (χ3n) is 3.95. The van der Waals surface area contributed by atoms with Crippen LogP contribution >= 0.6 is 11.3 Å². The first kappa shape index (κ1) is 24.2. The summed E-state index contributed by atoms with van der Waals surface area (Å²) in [5.41, 5.74) is 4.71. The van der Waals surface area contributed by atoms with E-state index >= 15 is 0 Å². The summed E-state index contributed by atoms with van der Waals surface area (Å²) in [6, 6.07) is 3.76. The summed E-state index contributed by atoms with van der Waals surface area (Å²) in [6.45, 7) is 1.77. The van der Waals surface area contributed by atoms with Gasteiger partial charge in [-0.2, -0.15) is 36.4 Å². The third-order valence-corrected chi connectivity index (χ3v) is 5.05. The highest BCUT2D eigenvalue weighted by Crippen LogP contribution is 2.32. The smallest absolute Gasteiger partial charge is 0.403 e. The molecule has 0 spiro atoms. The molecule has 0 amide bonds. The molecule has 0 fully saturated rings. The summed E-state index contributed by atoms with van der Waals surface area (Å²) in [5.74, 6) is -1.76. The molecule has 0 bridgehead atoms. The van der Waals surface area contributed by atoms with Gasteiger partial charge in [-0.05, 0) is 25.1 Å². The number of rotatable bonds is 7. The first-order chi connectivity index (χ1) is 15.5. The van der Waals surface area contributed by atoms with Crippen molar-refractivity contribution >= 4 is 23.4 Å². The predicted molar refractivity (Wildman–Crippen MR) is 107 cm³/mol. The molecule has 0 saturated carbocycles. The van der Waals surface area contributed by atoms with E-state index in [0.29, 0.717) is 17.5 Å². The number of thiophene rings is 1. The van der Waals surface area contributed by atoms with Gasteiger partial charge in [-0.1, -0.05) is 5.16 Å². The van der Waals surface area contributed by atoms with E-state index in [0.717, 1.165) is 17.1 Å². The summed E-state index contributed by atoms with van der Waals surface area (Å²) in [4.78, 5) is 8.81. The van der Waals surface area contributed by atoms with Crippen LogP contribution in [0.1, 0.15) is 23.3 Å². The quantitative estimate of drug-likeness (QED) is 0.368. The van der Waals surface area contributed by atoms with Crippen LogP contribution in [0.2, 0.25) is 0 Å². The molecule has 0 aliphatic rings. The Labute approximate surface area is 186 Å². The van der Waals surface area contributed by atoms with Crippen molar-refractivity contribution in [3.63, 3.8) is 0 Å². The van der Waals surface area contributed by atoms with Gasteiger partial charge < -0.3 is 15.6 Å². The van der Waals surface area contributed by atoms with Crippen LogP contribution in [0.25, 0.3) is 10.7 Å². The number of hydrogen-bond donors (Lipinski definition) is 2. The second kappa shape index (κ2) is 9.56. The minimum Gasteiger partial charge on any atom is -0.403 e. The van der Waals surface area contributed by atoms with E-state index in [1.807, 2.05) is 0 Å². The third kappa shape index (κ3) is 6.50. The highest BCUT2D eigenvalue weighted by atomic mass is 32.1. The van der Waals surface area contributed by atoms with Crippen LogP contribution in [0.15, 0.2) is 45.8 Å². The molecule has 3 N–H and O–H groups in total. The zero-order chi connectivity index (χ0) is 24.2. The fourth-order valence-corrected chi connectivity index (χ4v) is 3.50. The van der Waals surface area contributed by atoms with Gasteiger partial charge in [0.15, 0.2) is 5.82 Å². The SMILES string of the molecule is CC(Cc1ccc(-c2noc(C(F)(F)F)n2)s1)/N=C\C(=C/N)Nc1cc(C(F)(F)F)cnn1. The molecule has 0 aromatic carbocycles. The molecule has 176 valence electrons. The average molecular weight is 491 g/mol. The predicted octanol–water partition coefficient (Wildman–Crippen LogP) is 4.54. The Kier molecular flexibility index (Phi) is 7.00. The van der Waals surface area contributed by atoms with Gasteiger partial charge in [-0.25, -0.2) is 0 Å². The van der Waals surface area contributed by atoms with Crippen LogP contribution in [-0.2, 0) is 18.8 Å². The van der Waals surface area contributed by atoms with Gasteiger partial charge in [0.1, 0.15) is 0 Å². The number of hydrogen-bond acceptors (Lipinski definition) is 9. The fourth-order valence-electron chi connectivity index (χ4n) is 2.45. The lowest BCUT2D eigenvalue weighted by atomic mass is 10.2. The van der Waals surface area contributed by atoms with Gasteiger partial charge in [0.05, 0.1) is 28.4 Å². The molecule has 3 aromatic heterocycles. The van der Waals surface area contributed by atoms with Gasteiger partial charge in [-0.3, -0.25) is 4.99 Å². The van der Waals surface area contributed by atoms with E-state index in [9.17, 15) is 26.3 Å². The van der Waals surface area contributed by atoms with Crippen molar-refractivity contribution in [1.82, 2.24) is 20.3 Å². The first-order valence-corrected chi connectivity index (χ1v) is 9.89. The Bertz CT molecular complexity index is 1150. The van der Waals surface area contributed by atoms with E-state index in [1.54, 1.807) is 19.1 Å². The Hall–Kier alpha value is -3.49. The van der Waals surface area contributed by atoms with Crippen LogP contribution < -0.4 is 11.1 Å². The topological polar surface area (TPSA) is 115 Å². The molecule has 1 atom stereocenters. The van der Waals surface area contributed by atoms with Gasteiger partial charge in [-0.15, -0.1) is 16.4 Å². The molecule has 33 heavy (non-hydrogen) atoms. The molecule has 0 aliphatic carbocycles. The molecule has 0 aliphatic heterocycles. The molecule has 0 saturated heterocycles. The molecule has 1 unspecified atom stereocenters. The number of allylic oxidation sites excluding steroid dienone is 1. The molecule has 15 heteroatoms. The number of aliphatic imine (C=N–C) groups is 1. The Morgan fingerprint density at radius 1 is 1.24 bits per heavy atom. The number of aromatic nitrogens is 4. The van der Waals surface area contributed by atoms with Gasteiger partial charge in [0.25, 0.3) is 0 Å². The van der Waals surface area contributed by atoms with Crippen molar-refractivity contribution in [3.8, 4) is 10.7 Å². The normalized spacial score (nSPS) is 14.1. The number of nitrogens with two attached hydrogens (primary N) is 1. The summed E-state index contributed by atoms with van der Waals surface area (Å²) in [5, 5.41) is 12.8. The highest BCUT2D eigenvalue weighted by molar-refractivity contribution is 7.15.